The van der Waals surface area contributed by atoms with E-state index in [4.69, 9.17) is 11.6 Å². The van der Waals surface area contributed by atoms with Gasteiger partial charge in [0.1, 0.15) is 5.69 Å². The van der Waals surface area contributed by atoms with Crippen LogP contribution in [0.15, 0.2) is 67.0 Å². The Hall–Kier alpha value is -2.93. The smallest absolute Gasteiger partial charge is 0.113 e. The molecule has 1 aliphatic heterocycles. The molecule has 0 amide bonds. The number of pyridine rings is 2. The number of hydrogen-bond acceptors (Lipinski definition) is 3. The van der Waals surface area contributed by atoms with Crippen LogP contribution in [0.3, 0.4) is 0 Å². The van der Waals surface area contributed by atoms with Gasteiger partial charge in [-0.15, -0.1) is 0 Å². The number of halogens is 1. The lowest BCUT2D eigenvalue weighted by Crippen LogP contribution is -2.37. The van der Waals surface area contributed by atoms with Crippen molar-refractivity contribution in [1.29, 1.82) is 0 Å². The fourth-order valence-corrected chi connectivity index (χ4v) is 3.78. The summed E-state index contributed by atoms with van der Waals surface area (Å²) in [5.41, 5.74) is 5.18. The van der Waals surface area contributed by atoms with E-state index in [1.165, 1.54) is 25.9 Å². The molecule has 0 unspecified atom stereocenters. The Bertz CT molecular complexity index is 1110. The third kappa shape index (κ3) is 6.29. The van der Waals surface area contributed by atoms with Gasteiger partial charge in [0.2, 0.25) is 0 Å². The van der Waals surface area contributed by atoms with E-state index in [1.54, 1.807) is 0 Å². The average molecular weight is 442 g/mol. The number of benzene rings is 1. The maximum absolute atomic E-state index is 5.95. The highest BCUT2D eigenvalue weighted by Crippen LogP contribution is 2.29. The van der Waals surface area contributed by atoms with Crippen molar-refractivity contribution in [1.82, 2.24) is 14.9 Å². The third-order valence-corrected chi connectivity index (χ3v) is 6.18. The van der Waals surface area contributed by atoms with E-state index in [9.17, 15) is 0 Å². The van der Waals surface area contributed by atoms with E-state index in [-0.39, 0.29) is 0 Å². The van der Waals surface area contributed by atoms with E-state index in [2.05, 4.69) is 52.7 Å². The molecule has 4 heteroatoms. The topological polar surface area (TPSA) is 29.0 Å². The van der Waals surface area contributed by atoms with Gasteiger partial charge in [0, 0.05) is 35.1 Å². The van der Waals surface area contributed by atoms with Crippen molar-refractivity contribution in [3.8, 4) is 23.0 Å². The number of hydrogen-bond donors (Lipinski definition) is 0. The van der Waals surface area contributed by atoms with Crippen LogP contribution < -0.4 is 0 Å². The number of piperidine rings is 1. The fraction of sp³-hybridized carbons (Fsp3) is 0.286. The summed E-state index contributed by atoms with van der Waals surface area (Å²) in [6, 6.07) is 15.7. The molecule has 0 bridgehead atoms. The van der Waals surface area contributed by atoms with Crippen molar-refractivity contribution in [3.05, 3.63) is 89.0 Å². The molecule has 1 aliphatic rings. The Morgan fingerprint density at radius 1 is 0.906 bits per heavy atom. The molecule has 3 heterocycles. The second-order valence-electron chi connectivity index (χ2n) is 9.03. The number of rotatable bonds is 4. The van der Waals surface area contributed by atoms with E-state index < -0.39 is 0 Å². The van der Waals surface area contributed by atoms with E-state index >= 15 is 0 Å². The van der Waals surface area contributed by atoms with Crippen LogP contribution in [0.5, 0.6) is 0 Å². The lowest BCUT2D eigenvalue weighted by atomic mass is 9.83. The highest BCUT2D eigenvalue weighted by Gasteiger charge is 2.24. The van der Waals surface area contributed by atoms with Crippen LogP contribution >= 0.6 is 11.6 Å². The van der Waals surface area contributed by atoms with Gasteiger partial charge in [-0.05, 0) is 79.2 Å². The van der Waals surface area contributed by atoms with Crippen molar-refractivity contribution >= 4 is 17.7 Å². The van der Waals surface area contributed by atoms with Gasteiger partial charge in [-0.25, -0.2) is 4.98 Å². The lowest BCUT2D eigenvalue weighted by molar-refractivity contribution is 0.144. The second kappa shape index (κ2) is 10.1. The van der Waals surface area contributed by atoms with Gasteiger partial charge in [-0.3, -0.25) is 9.88 Å². The fourth-order valence-electron chi connectivity index (χ4n) is 3.66. The van der Waals surface area contributed by atoms with Crippen LogP contribution in [0, 0.1) is 17.3 Å². The zero-order chi connectivity index (χ0) is 22.4. The first-order valence-electron chi connectivity index (χ1n) is 11.1. The zero-order valence-electron chi connectivity index (χ0n) is 18.7. The van der Waals surface area contributed by atoms with Crippen LogP contribution in [-0.4, -0.2) is 34.5 Å². The Labute approximate surface area is 196 Å². The molecule has 0 spiro atoms. The molecule has 3 aromatic rings. The summed E-state index contributed by atoms with van der Waals surface area (Å²) in [7, 11) is 0. The Morgan fingerprint density at radius 2 is 1.66 bits per heavy atom. The van der Waals surface area contributed by atoms with E-state index in [1.807, 2.05) is 60.9 Å². The quantitative estimate of drug-likeness (QED) is 0.443. The van der Waals surface area contributed by atoms with Crippen LogP contribution in [-0.2, 0) is 0 Å². The van der Waals surface area contributed by atoms with E-state index in [0.29, 0.717) is 5.41 Å². The largest absolute Gasteiger partial charge is 0.300 e. The first kappa shape index (κ1) is 22.3. The first-order chi connectivity index (χ1) is 15.5. The summed E-state index contributed by atoms with van der Waals surface area (Å²) in [5, 5.41) is 0.727. The highest BCUT2D eigenvalue weighted by atomic mass is 35.5. The van der Waals surface area contributed by atoms with Gasteiger partial charge in [0.05, 0.1) is 5.69 Å². The van der Waals surface area contributed by atoms with Gasteiger partial charge in [-0.1, -0.05) is 55.6 Å². The molecule has 32 heavy (non-hydrogen) atoms. The predicted octanol–water partition coefficient (Wildman–Crippen LogP) is 6.33. The maximum atomic E-state index is 5.95. The SMILES string of the molecule is CC1(C)CCN(CC=Cc2ccc(C#Cc3ccc(-c4ccc(Cl)cc4)cn3)cn2)CC1. The van der Waals surface area contributed by atoms with Gasteiger partial charge < -0.3 is 0 Å². The normalized spacial score (nSPS) is 16.0. The summed E-state index contributed by atoms with van der Waals surface area (Å²) in [4.78, 5) is 11.5. The molecule has 0 aliphatic carbocycles. The molecule has 162 valence electrons. The number of aromatic nitrogens is 2. The molecule has 2 aromatic heterocycles. The van der Waals surface area contributed by atoms with Gasteiger partial charge in [-0.2, -0.15) is 0 Å². The van der Waals surface area contributed by atoms with Crippen LogP contribution in [0.4, 0.5) is 0 Å². The van der Waals surface area contributed by atoms with Crippen LogP contribution in [0.2, 0.25) is 5.02 Å². The molecule has 4 rings (SSSR count). The Kier molecular flexibility index (Phi) is 7.05. The molecule has 0 radical (unpaired) electrons. The van der Waals surface area contributed by atoms with Crippen LogP contribution in [0.1, 0.15) is 43.6 Å². The van der Waals surface area contributed by atoms with Gasteiger partial charge in [0.15, 0.2) is 0 Å². The second-order valence-corrected chi connectivity index (χ2v) is 9.46. The third-order valence-electron chi connectivity index (χ3n) is 5.92. The lowest BCUT2D eigenvalue weighted by Gasteiger charge is -2.36. The standard InChI is InChI=1S/C28H28ClN3/c1-28(2)15-18-32(19-16-28)17-3-4-26-12-5-22(20-30-26)6-13-27-14-9-24(21-31-27)23-7-10-25(29)11-8-23/h3-5,7-12,14,20-21H,15-19H2,1-2H3. The number of likely N-dealkylation sites (tertiary alicyclic amines) is 1. The monoisotopic (exact) mass is 441 g/mol. The molecule has 1 saturated heterocycles. The molecule has 0 atom stereocenters. The summed E-state index contributed by atoms with van der Waals surface area (Å²) < 4.78 is 0. The summed E-state index contributed by atoms with van der Waals surface area (Å²) >= 11 is 5.95. The Balaban J connectivity index is 1.32. The molecule has 0 N–H and O–H groups in total. The Morgan fingerprint density at radius 3 is 2.31 bits per heavy atom. The molecular formula is C28H28ClN3. The molecule has 1 fully saturated rings. The minimum absolute atomic E-state index is 0.493. The van der Waals surface area contributed by atoms with E-state index in [0.717, 1.165) is 39.6 Å². The molecule has 3 nitrogen and oxygen atoms in total. The number of nitrogens with zero attached hydrogens (tertiary/aromatic N) is 3. The summed E-state index contributed by atoms with van der Waals surface area (Å²) in [5.74, 6) is 6.26. The van der Waals surface area contributed by atoms with Gasteiger partial charge >= 0.3 is 0 Å². The van der Waals surface area contributed by atoms with Crippen molar-refractivity contribution in [2.45, 2.75) is 26.7 Å². The van der Waals surface area contributed by atoms with Crippen molar-refractivity contribution in [2.75, 3.05) is 19.6 Å². The first-order valence-corrected chi connectivity index (χ1v) is 11.4. The highest BCUT2D eigenvalue weighted by molar-refractivity contribution is 6.30. The minimum atomic E-state index is 0.493. The van der Waals surface area contributed by atoms with Crippen molar-refractivity contribution in [2.24, 2.45) is 5.41 Å². The van der Waals surface area contributed by atoms with Gasteiger partial charge in [0.25, 0.3) is 0 Å². The van der Waals surface area contributed by atoms with Crippen LogP contribution in [0.25, 0.3) is 17.2 Å². The maximum Gasteiger partial charge on any atom is 0.113 e. The molecule has 1 aromatic carbocycles. The van der Waals surface area contributed by atoms with Crippen molar-refractivity contribution < 1.29 is 0 Å². The summed E-state index contributed by atoms with van der Waals surface area (Å²) in [6.07, 6.45) is 10.5. The molecule has 0 saturated carbocycles. The predicted molar refractivity (Wildman–Crippen MR) is 133 cm³/mol. The minimum Gasteiger partial charge on any atom is -0.300 e. The summed E-state index contributed by atoms with van der Waals surface area (Å²) in [6.45, 7) is 8.06. The average Bonchev–Trinajstić information content (AvgIpc) is 2.81. The zero-order valence-corrected chi connectivity index (χ0v) is 19.4. The molecular weight excluding hydrogens is 414 g/mol. The van der Waals surface area contributed by atoms with Crippen molar-refractivity contribution in [3.63, 3.8) is 0 Å².